The summed E-state index contributed by atoms with van der Waals surface area (Å²) in [4.78, 5) is 11.8. The van der Waals surface area contributed by atoms with E-state index < -0.39 is 0 Å². The number of esters is 1. The van der Waals surface area contributed by atoms with E-state index in [9.17, 15) is 15.0 Å². The highest BCUT2D eigenvalue weighted by Gasteiger charge is 2.06. The lowest BCUT2D eigenvalue weighted by atomic mass is 10.1. The molecule has 1 aromatic rings. The van der Waals surface area contributed by atoms with Crippen LogP contribution in [0.2, 0.25) is 0 Å². The van der Waals surface area contributed by atoms with Gasteiger partial charge < -0.3 is 67.1 Å². The van der Waals surface area contributed by atoms with Crippen LogP contribution in [0.3, 0.4) is 0 Å². The molecule has 1 aromatic carbocycles. The van der Waals surface area contributed by atoms with Gasteiger partial charge in [-0.3, -0.25) is 4.79 Å². The molecule has 2 N–H and O–H groups in total. The minimum absolute atomic E-state index is 0.153. The number of aryl methyl sites for hydroxylation is 1. The van der Waals surface area contributed by atoms with Crippen molar-refractivity contribution in [1.29, 1.82) is 0 Å². The number of rotatable bonds is 36. The summed E-state index contributed by atoms with van der Waals surface area (Å²) in [5.74, 6) is -0.766. The van der Waals surface area contributed by atoms with Gasteiger partial charge in [0.1, 0.15) is 6.61 Å². The molecular formula is C32H56O15. The molecule has 0 amide bonds. The van der Waals surface area contributed by atoms with Crippen LogP contribution in [0, 0.1) is 0 Å². The fourth-order valence-electron chi connectivity index (χ4n) is 3.48. The van der Waals surface area contributed by atoms with Crippen LogP contribution in [0.1, 0.15) is 12.0 Å². The molecule has 0 spiro atoms. The Labute approximate surface area is 278 Å². The van der Waals surface area contributed by atoms with Crippen molar-refractivity contribution in [2.24, 2.45) is 0 Å². The van der Waals surface area contributed by atoms with Crippen molar-refractivity contribution in [3.8, 4) is 11.5 Å². The van der Waals surface area contributed by atoms with Gasteiger partial charge in [0.25, 0.3) is 0 Å². The average Bonchev–Trinajstić information content (AvgIpc) is 3.07. The minimum atomic E-state index is -0.359. The number of ether oxygens (including phenoxy) is 12. The molecule has 1 rings (SSSR count). The third kappa shape index (κ3) is 29.7. The number of benzene rings is 1. The number of phenols is 2. The van der Waals surface area contributed by atoms with Gasteiger partial charge in [-0.05, 0) is 24.1 Å². The van der Waals surface area contributed by atoms with E-state index in [0.29, 0.717) is 139 Å². The number of hydrogen-bond donors (Lipinski definition) is 2. The molecule has 0 unspecified atom stereocenters. The van der Waals surface area contributed by atoms with Gasteiger partial charge in [-0.2, -0.15) is 0 Å². The van der Waals surface area contributed by atoms with E-state index in [-0.39, 0.29) is 37.1 Å². The predicted octanol–water partition coefficient (Wildman–Crippen LogP) is 1.39. The Hall–Kier alpha value is -2.15. The van der Waals surface area contributed by atoms with Crippen LogP contribution < -0.4 is 0 Å². The molecule has 15 heteroatoms. The van der Waals surface area contributed by atoms with E-state index in [1.54, 1.807) is 13.2 Å². The smallest absolute Gasteiger partial charge is 0.306 e. The summed E-state index contributed by atoms with van der Waals surface area (Å²) in [5.41, 5.74) is 0.734. The number of carbonyl (C=O) groups excluding carboxylic acids is 1. The lowest BCUT2D eigenvalue weighted by Crippen LogP contribution is -2.15. The van der Waals surface area contributed by atoms with Crippen LogP contribution in [0.4, 0.5) is 0 Å². The third-order valence-electron chi connectivity index (χ3n) is 5.93. The zero-order chi connectivity index (χ0) is 33.9. The van der Waals surface area contributed by atoms with Crippen molar-refractivity contribution in [2.45, 2.75) is 12.8 Å². The van der Waals surface area contributed by atoms with Crippen molar-refractivity contribution in [2.75, 3.05) is 152 Å². The monoisotopic (exact) mass is 680 g/mol. The Morgan fingerprint density at radius 1 is 0.468 bits per heavy atom. The first-order valence-corrected chi connectivity index (χ1v) is 16.1. The highest BCUT2D eigenvalue weighted by molar-refractivity contribution is 5.69. The first kappa shape index (κ1) is 42.9. The van der Waals surface area contributed by atoms with Crippen LogP contribution in [0.25, 0.3) is 0 Å². The highest BCUT2D eigenvalue weighted by Crippen LogP contribution is 2.25. The molecule has 274 valence electrons. The summed E-state index contributed by atoms with van der Waals surface area (Å²) in [6, 6.07) is 4.45. The molecule has 15 nitrogen and oxygen atoms in total. The molecule has 0 saturated heterocycles. The van der Waals surface area contributed by atoms with E-state index in [2.05, 4.69) is 0 Å². The summed E-state index contributed by atoms with van der Waals surface area (Å²) < 4.78 is 64.2. The molecule has 0 aliphatic carbocycles. The zero-order valence-corrected chi connectivity index (χ0v) is 27.9. The van der Waals surface area contributed by atoms with Crippen molar-refractivity contribution in [1.82, 2.24) is 0 Å². The van der Waals surface area contributed by atoms with Gasteiger partial charge in [0.2, 0.25) is 0 Å². The first-order chi connectivity index (χ1) is 23.1. The second-order valence-corrected chi connectivity index (χ2v) is 9.66. The Balaban J connectivity index is 1.67. The van der Waals surface area contributed by atoms with E-state index in [0.717, 1.165) is 5.56 Å². The maximum absolute atomic E-state index is 11.8. The maximum atomic E-state index is 11.8. The zero-order valence-electron chi connectivity index (χ0n) is 27.9. The fraction of sp³-hybridized carbons (Fsp3) is 0.781. The molecule has 0 heterocycles. The van der Waals surface area contributed by atoms with Gasteiger partial charge in [0, 0.05) is 13.5 Å². The topological polar surface area (TPSA) is 168 Å². The van der Waals surface area contributed by atoms with E-state index in [4.69, 9.17) is 56.8 Å². The van der Waals surface area contributed by atoms with Crippen LogP contribution >= 0.6 is 0 Å². The Bertz CT molecular complexity index is 830. The Morgan fingerprint density at radius 3 is 1.11 bits per heavy atom. The summed E-state index contributed by atoms with van der Waals surface area (Å²) in [6.45, 7) is 10.3. The van der Waals surface area contributed by atoms with Gasteiger partial charge in [-0.1, -0.05) is 6.07 Å². The number of phenolic OH excluding ortho intramolecular Hbond substituents is 2. The molecule has 0 saturated carbocycles. The minimum Gasteiger partial charge on any atom is -0.504 e. The largest absolute Gasteiger partial charge is 0.504 e. The number of aromatic hydroxyl groups is 2. The van der Waals surface area contributed by atoms with Gasteiger partial charge >= 0.3 is 5.97 Å². The van der Waals surface area contributed by atoms with Gasteiger partial charge in [-0.15, -0.1) is 0 Å². The van der Waals surface area contributed by atoms with Gasteiger partial charge in [0.05, 0.1) is 139 Å². The van der Waals surface area contributed by atoms with Crippen molar-refractivity contribution >= 4 is 5.97 Å². The van der Waals surface area contributed by atoms with Crippen molar-refractivity contribution in [3.63, 3.8) is 0 Å². The van der Waals surface area contributed by atoms with Crippen molar-refractivity contribution in [3.05, 3.63) is 23.8 Å². The summed E-state index contributed by atoms with van der Waals surface area (Å²) in [6.07, 6.45) is 0.575. The predicted molar refractivity (Wildman–Crippen MR) is 169 cm³/mol. The molecule has 0 bridgehead atoms. The molecule has 0 fully saturated rings. The molecule has 47 heavy (non-hydrogen) atoms. The second kappa shape index (κ2) is 33.7. The quantitative estimate of drug-likeness (QED) is 0.0592. The van der Waals surface area contributed by atoms with Crippen LogP contribution in [-0.4, -0.2) is 169 Å². The molecule has 0 aliphatic heterocycles. The molecule has 0 aromatic heterocycles. The third-order valence-corrected chi connectivity index (χ3v) is 5.93. The normalized spacial score (nSPS) is 11.3. The Morgan fingerprint density at radius 2 is 0.787 bits per heavy atom. The summed E-state index contributed by atoms with van der Waals surface area (Å²) in [5, 5.41) is 18.8. The molecule has 0 aliphatic rings. The lowest BCUT2D eigenvalue weighted by Gasteiger charge is -2.09. The number of methoxy groups -OCH3 is 1. The van der Waals surface area contributed by atoms with E-state index >= 15 is 0 Å². The maximum Gasteiger partial charge on any atom is 0.306 e. The van der Waals surface area contributed by atoms with Crippen LogP contribution in [0.5, 0.6) is 11.5 Å². The standard InChI is InChI=1S/C32H56O15/c1-36-6-7-37-8-9-38-10-11-39-12-13-40-14-15-41-16-17-42-18-19-43-20-21-44-22-23-45-24-25-46-26-27-47-32(35)5-3-29-2-4-30(33)31(34)28-29/h2,4,28,33-34H,3,5-27H2,1H3. The summed E-state index contributed by atoms with van der Waals surface area (Å²) in [7, 11) is 1.64. The molecular weight excluding hydrogens is 624 g/mol. The lowest BCUT2D eigenvalue weighted by molar-refractivity contribution is -0.145. The summed E-state index contributed by atoms with van der Waals surface area (Å²) >= 11 is 0. The SMILES string of the molecule is COCCOCCOCCOCCOCCOCCOCCOCCOCCOCCOCCOC(=O)CCc1ccc(O)c(O)c1. The number of hydrogen-bond acceptors (Lipinski definition) is 15. The van der Waals surface area contributed by atoms with Crippen molar-refractivity contribution < 1.29 is 71.8 Å². The van der Waals surface area contributed by atoms with Crippen LogP contribution in [0.15, 0.2) is 18.2 Å². The van der Waals surface area contributed by atoms with Gasteiger partial charge in [0.15, 0.2) is 11.5 Å². The second-order valence-electron chi connectivity index (χ2n) is 9.66. The molecule has 0 atom stereocenters. The van der Waals surface area contributed by atoms with E-state index in [1.165, 1.54) is 12.1 Å². The first-order valence-electron chi connectivity index (χ1n) is 16.1. The van der Waals surface area contributed by atoms with E-state index in [1.807, 2.05) is 0 Å². The van der Waals surface area contributed by atoms with Gasteiger partial charge in [-0.25, -0.2) is 0 Å². The molecule has 0 radical (unpaired) electrons. The fourth-order valence-corrected chi connectivity index (χ4v) is 3.48. The average molecular weight is 681 g/mol. The highest BCUT2D eigenvalue weighted by atomic mass is 16.6. The van der Waals surface area contributed by atoms with Crippen LogP contribution in [-0.2, 0) is 68.1 Å². The number of carbonyl (C=O) groups is 1. The Kier molecular flexibility index (Phi) is 30.8.